The summed E-state index contributed by atoms with van der Waals surface area (Å²) < 4.78 is 13.0. The molecule has 0 aromatic heterocycles. The highest BCUT2D eigenvalue weighted by Gasteiger charge is 2.30. The second-order valence-electron chi connectivity index (χ2n) is 5.79. The van der Waals surface area contributed by atoms with E-state index in [1.807, 2.05) is 12.1 Å². The van der Waals surface area contributed by atoms with Crippen molar-refractivity contribution in [3.8, 4) is 0 Å². The topological polar surface area (TPSA) is 32.3 Å². The van der Waals surface area contributed by atoms with Crippen molar-refractivity contribution in [2.75, 3.05) is 11.9 Å². The van der Waals surface area contributed by atoms with Gasteiger partial charge in [-0.3, -0.25) is 9.69 Å². The second-order valence-corrected chi connectivity index (χ2v) is 6.20. The van der Waals surface area contributed by atoms with Crippen LogP contribution in [0.3, 0.4) is 0 Å². The van der Waals surface area contributed by atoms with Gasteiger partial charge in [0.15, 0.2) is 0 Å². The molecule has 1 N–H and O–H groups in total. The van der Waals surface area contributed by atoms with Gasteiger partial charge in [-0.05, 0) is 42.7 Å². The summed E-state index contributed by atoms with van der Waals surface area (Å²) in [6.45, 7) is 0.939. The highest BCUT2D eigenvalue weighted by Crippen LogP contribution is 2.28. The minimum absolute atomic E-state index is 0.0906. The summed E-state index contributed by atoms with van der Waals surface area (Å²) in [7, 11) is 0. The van der Waals surface area contributed by atoms with Crippen LogP contribution in [-0.4, -0.2) is 23.4 Å². The number of hydrogen-bond acceptors (Lipinski definition) is 2. The van der Waals surface area contributed by atoms with Crippen LogP contribution >= 0.6 is 11.6 Å². The normalized spacial score (nSPS) is 14.0. The summed E-state index contributed by atoms with van der Waals surface area (Å²) in [6.07, 6.45) is 2.20. The molecule has 2 aromatic rings. The number of nitrogens with one attached hydrogen (secondary N) is 1. The fraction of sp³-hybridized carbons (Fsp3) is 0.278. The maximum atomic E-state index is 13.0. The number of anilines is 1. The predicted molar refractivity (Wildman–Crippen MR) is 89.9 cm³/mol. The van der Waals surface area contributed by atoms with Crippen molar-refractivity contribution in [1.29, 1.82) is 0 Å². The fourth-order valence-electron chi connectivity index (χ4n) is 2.51. The van der Waals surface area contributed by atoms with Gasteiger partial charge in [0.05, 0.1) is 17.3 Å². The Hall–Kier alpha value is -1.91. The molecular weight excluding hydrogens is 315 g/mol. The number of hydrogen-bond donors (Lipinski definition) is 1. The number of para-hydroxylation sites is 1. The third kappa shape index (κ3) is 4.53. The van der Waals surface area contributed by atoms with Gasteiger partial charge in [0.2, 0.25) is 5.91 Å². The van der Waals surface area contributed by atoms with Crippen molar-refractivity contribution in [1.82, 2.24) is 4.90 Å². The summed E-state index contributed by atoms with van der Waals surface area (Å²) in [4.78, 5) is 14.4. The van der Waals surface area contributed by atoms with Gasteiger partial charge in [-0.15, -0.1) is 0 Å². The van der Waals surface area contributed by atoms with Crippen LogP contribution in [0.5, 0.6) is 0 Å². The minimum atomic E-state index is -0.247. The average Bonchev–Trinajstić information content (AvgIpc) is 3.36. The van der Waals surface area contributed by atoms with Crippen LogP contribution in [0.1, 0.15) is 18.4 Å². The van der Waals surface area contributed by atoms with Crippen molar-refractivity contribution in [3.63, 3.8) is 0 Å². The van der Waals surface area contributed by atoms with Gasteiger partial charge in [-0.2, -0.15) is 0 Å². The fourth-order valence-corrected chi connectivity index (χ4v) is 2.70. The van der Waals surface area contributed by atoms with Gasteiger partial charge in [-0.1, -0.05) is 35.9 Å². The molecule has 3 nitrogen and oxygen atoms in total. The lowest BCUT2D eigenvalue weighted by atomic mass is 10.2. The number of carbonyl (C=O) groups excluding carboxylic acids is 1. The Kier molecular flexibility index (Phi) is 4.94. The van der Waals surface area contributed by atoms with Crippen LogP contribution in [0, 0.1) is 5.82 Å². The minimum Gasteiger partial charge on any atom is -0.324 e. The molecule has 1 aliphatic carbocycles. The first kappa shape index (κ1) is 16.0. The molecule has 1 amide bonds. The van der Waals surface area contributed by atoms with E-state index in [9.17, 15) is 9.18 Å². The van der Waals surface area contributed by atoms with E-state index in [0.29, 0.717) is 29.8 Å². The molecule has 0 heterocycles. The highest BCUT2D eigenvalue weighted by atomic mass is 35.5. The monoisotopic (exact) mass is 332 g/mol. The lowest BCUT2D eigenvalue weighted by Crippen LogP contribution is -2.34. The lowest BCUT2D eigenvalue weighted by molar-refractivity contribution is -0.117. The largest absolute Gasteiger partial charge is 0.324 e. The summed E-state index contributed by atoms with van der Waals surface area (Å²) >= 11 is 6.06. The number of rotatable bonds is 6. The van der Waals surface area contributed by atoms with E-state index in [0.717, 1.165) is 18.4 Å². The molecule has 0 spiro atoms. The first-order valence-electron chi connectivity index (χ1n) is 7.65. The van der Waals surface area contributed by atoms with Gasteiger partial charge >= 0.3 is 0 Å². The summed E-state index contributed by atoms with van der Waals surface area (Å²) in [6, 6.07) is 14.0. The van der Waals surface area contributed by atoms with Crippen molar-refractivity contribution < 1.29 is 9.18 Å². The van der Waals surface area contributed by atoms with Crippen LogP contribution in [0.2, 0.25) is 5.02 Å². The van der Waals surface area contributed by atoms with Crippen molar-refractivity contribution in [3.05, 3.63) is 64.9 Å². The molecule has 1 saturated carbocycles. The molecule has 120 valence electrons. The Balaban J connectivity index is 1.62. The Morgan fingerprint density at radius 1 is 1.17 bits per heavy atom. The number of amides is 1. The molecule has 0 unspecified atom stereocenters. The third-order valence-electron chi connectivity index (χ3n) is 3.86. The molecule has 0 atom stereocenters. The third-order valence-corrected chi connectivity index (χ3v) is 4.19. The zero-order chi connectivity index (χ0) is 16.2. The molecule has 23 heavy (non-hydrogen) atoms. The van der Waals surface area contributed by atoms with Crippen LogP contribution in [0.15, 0.2) is 48.5 Å². The molecule has 1 fully saturated rings. The average molecular weight is 333 g/mol. The first-order chi connectivity index (χ1) is 11.1. The maximum Gasteiger partial charge on any atom is 0.238 e. The summed E-state index contributed by atoms with van der Waals surface area (Å²) in [5.41, 5.74) is 1.63. The van der Waals surface area contributed by atoms with Crippen LogP contribution in [-0.2, 0) is 11.3 Å². The van der Waals surface area contributed by atoms with E-state index in [-0.39, 0.29) is 11.7 Å². The van der Waals surface area contributed by atoms with E-state index in [2.05, 4.69) is 10.2 Å². The number of carbonyl (C=O) groups is 1. The molecule has 0 bridgehead atoms. The van der Waals surface area contributed by atoms with E-state index < -0.39 is 0 Å². The van der Waals surface area contributed by atoms with E-state index in [1.54, 1.807) is 24.3 Å². The van der Waals surface area contributed by atoms with E-state index in [4.69, 9.17) is 11.6 Å². The Labute approximate surface area is 140 Å². The maximum absolute atomic E-state index is 13.0. The highest BCUT2D eigenvalue weighted by molar-refractivity contribution is 6.33. The van der Waals surface area contributed by atoms with Gasteiger partial charge in [0, 0.05) is 12.6 Å². The molecular formula is C18H18ClFN2O. The summed E-state index contributed by atoms with van der Waals surface area (Å²) in [5, 5.41) is 3.37. The molecule has 3 rings (SSSR count). The van der Waals surface area contributed by atoms with Crippen LogP contribution < -0.4 is 5.32 Å². The first-order valence-corrected chi connectivity index (χ1v) is 8.02. The number of benzene rings is 2. The second kappa shape index (κ2) is 7.11. The van der Waals surface area contributed by atoms with Crippen LogP contribution in [0.4, 0.5) is 10.1 Å². The standard InChI is InChI=1S/C18H18ClFN2O/c19-16-3-1-2-4-17(16)21-18(23)12-22(15-9-10-15)11-13-5-7-14(20)8-6-13/h1-8,15H,9-12H2,(H,21,23). The zero-order valence-electron chi connectivity index (χ0n) is 12.6. The van der Waals surface area contributed by atoms with E-state index >= 15 is 0 Å². The predicted octanol–water partition coefficient (Wildman–Crippen LogP) is 4.08. The Bertz CT molecular complexity index is 686. The van der Waals surface area contributed by atoms with E-state index in [1.165, 1.54) is 12.1 Å². The van der Waals surface area contributed by atoms with Gasteiger partial charge in [0.1, 0.15) is 5.82 Å². The van der Waals surface area contributed by atoms with Crippen molar-refractivity contribution in [2.24, 2.45) is 0 Å². The molecule has 2 aromatic carbocycles. The van der Waals surface area contributed by atoms with Crippen LogP contribution in [0.25, 0.3) is 0 Å². The SMILES string of the molecule is O=C(CN(Cc1ccc(F)cc1)C1CC1)Nc1ccccc1Cl. The number of nitrogens with zero attached hydrogens (tertiary/aromatic N) is 1. The molecule has 1 aliphatic rings. The Morgan fingerprint density at radius 2 is 1.87 bits per heavy atom. The Morgan fingerprint density at radius 3 is 2.52 bits per heavy atom. The molecule has 0 saturated heterocycles. The molecule has 5 heteroatoms. The summed E-state index contributed by atoms with van der Waals surface area (Å²) in [5.74, 6) is -0.338. The lowest BCUT2D eigenvalue weighted by Gasteiger charge is -2.21. The number of halogens is 2. The van der Waals surface area contributed by atoms with Crippen molar-refractivity contribution >= 4 is 23.2 Å². The van der Waals surface area contributed by atoms with Gasteiger partial charge in [-0.25, -0.2) is 4.39 Å². The smallest absolute Gasteiger partial charge is 0.238 e. The molecule has 0 aliphatic heterocycles. The van der Waals surface area contributed by atoms with Gasteiger partial charge in [0.25, 0.3) is 0 Å². The van der Waals surface area contributed by atoms with Crippen molar-refractivity contribution in [2.45, 2.75) is 25.4 Å². The quantitative estimate of drug-likeness (QED) is 0.864. The molecule has 0 radical (unpaired) electrons. The zero-order valence-corrected chi connectivity index (χ0v) is 13.4. The van der Waals surface area contributed by atoms with Gasteiger partial charge < -0.3 is 5.32 Å².